The van der Waals surface area contributed by atoms with Gasteiger partial charge in [-0.05, 0) is 18.6 Å². The van der Waals surface area contributed by atoms with E-state index in [9.17, 15) is 5.26 Å². The van der Waals surface area contributed by atoms with Crippen LogP contribution < -0.4 is 19.9 Å². The lowest BCUT2D eigenvalue weighted by Crippen LogP contribution is -2.21. The van der Waals surface area contributed by atoms with E-state index in [1.165, 1.54) is 0 Å². The number of nitrogens with two attached hydrogens (primary N) is 1. The highest BCUT2D eigenvalue weighted by Gasteiger charge is 2.36. The van der Waals surface area contributed by atoms with Crippen LogP contribution in [0.2, 0.25) is 5.02 Å². The molecule has 3 heterocycles. The largest absolute Gasteiger partial charge is 0.454 e. The number of hydrogen-bond donors (Lipinski definition) is 2. The topological polar surface area (TPSA) is 106 Å². The Bertz CT molecular complexity index is 897. The van der Waals surface area contributed by atoms with Crippen LogP contribution in [0.15, 0.2) is 23.6 Å². The Balaban J connectivity index is 1.97. The third kappa shape index (κ3) is 1.85. The summed E-state index contributed by atoms with van der Waals surface area (Å²) in [6.45, 7) is 1.96. The van der Waals surface area contributed by atoms with Crippen LogP contribution in [0.4, 0.5) is 0 Å². The van der Waals surface area contributed by atoms with Crippen molar-refractivity contribution in [3.63, 3.8) is 0 Å². The van der Waals surface area contributed by atoms with Crippen LogP contribution in [-0.4, -0.2) is 17.0 Å². The molecule has 2 aliphatic rings. The molecule has 0 unspecified atom stereocenters. The first-order valence-corrected chi connectivity index (χ1v) is 7.20. The Hall–Kier alpha value is -2.85. The van der Waals surface area contributed by atoms with Crippen LogP contribution >= 0.6 is 11.6 Å². The van der Waals surface area contributed by atoms with E-state index in [-0.39, 0.29) is 18.2 Å². The lowest BCUT2D eigenvalue weighted by atomic mass is 9.84. The Morgan fingerprint density at radius 3 is 3.04 bits per heavy atom. The minimum atomic E-state index is -0.482. The number of allylic oxidation sites excluding steroid dienone is 1. The fourth-order valence-electron chi connectivity index (χ4n) is 2.89. The van der Waals surface area contributed by atoms with Crippen molar-refractivity contribution < 1.29 is 14.2 Å². The first kappa shape index (κ1) is 13.8. The van der Waals surface area contributed by atoms with Gasteiger partial charge < -0.3 is 19.9 Å². The molecule has 1 aromatic heterocycles. The number of halogens is 1. The first-order valence-electron chi connectivity index (χ1n) is 6.82. The van der Waals surface area contributed by atoms with Gasteiger partial charge in [-0.15, -0.1) is 5.10 Å². The summed E-state index contributed by atoms with van der Waals surface area (Å²) in [5, 5.41) is 16.9. The second-order valence-electron chi connectivity index (χ2n) is 5.19. The molecule has 0 saturated heterocycles. The Kier molecular flexibility index (Phi) is 2.89. The van der Waals surface area contributed by atoms with E-state index >= 15 is 0 Å². The van der Waals surface area contributed by atoms with Gasteiger partial charge in [-0.25, -0.2) is 0 Å². The highest BCUT2D eigenvalue weighted by molar-refractivity contribution is 6.33. The van der Waals surface area contributed by atoms with Gasteiger partial charge in [-0.3, -0.25) is 5.10 Å². The predicted molar refractivity (Wildman–Crippen MR) is 80.2 cm³/mol. The summed E-state index contributed by atoms with van der Waals surface area (Å²) in [6.07, 6.45) is 0. The number of nitrogens with one attached hydrogen (secondary N) is 1. The minimum absolute atomic E-state index is 0.0187. The number of nitriles is 1. The molecular formula is C15H11ClN4O3. The van der Waals surface area contributed by atoms with E-state index in [2.05, 4.69) is 16.3 Å². The highest BCUT2D eigenvalue weighted by Crippen LogP contribution is 2.49. The van der Waals surface area contributed by atoms with Crippen LogP contribution in [0, 0.1) is 18.3 Å². The van der Waals surface area contributed by atoms with E-state index in [4.69, 9.17) is 31.5 Å². The zero-order chi connectivity index (χ0) is 16.1. The van der Waals surface area contributed by atoms with Crippen molar-refractivity contribution in [2.45, 2.75) is 12.8 Å². The van der Waals surface area contributed by atoms with Crippen molar-refractivity contribution in [2.24, 2.45) is 5.73 Å². The van der Waals surface area contributed by atoms with Crippen molar-refractivity contribution in [1.29, 1.82) is 5.26 Å². The fourth-order valence-corrected chi connectivity index (χ4v) is 3.21. The molecule has 7 nitrogen and oxygen atoms in total. The maximum absolute atomic E-state index is 9.53. The molecule has 2 aromatic rings. The van der Waals surface area contributed by atoms with E-state index in [0.717, 1.165) is 11.3 Å². The van der Waals surface area contributed by atoms with Crippen LogP contribution in [0.3, 0.4) is 0 Å². The lowest BCUT2D eigenvalue weighted by Gasteiger charge is -2.24. The quantitative estimate of drug-likeness (QED) is 0.831. The van der Waals surface area contributed by atoms with Gasteiger partial charge in [0.15, 0.2) is 11.5 Å². The van der Waals surface area contributed by atoms with Gasteiger partial charge in [-0.2, -0.15) is 5.26 Å². The molecule has 0 fully saturated rings. The third-order valence-corrected chi connectivity index (χ3v) is 4.34. The molecule has 0 aliphatic carbocycles. The monoisotopic (exact) mass is 330 g/mol. The molecule has 1 atom stereocenters. The number of aryl methyl sites for hydroxylation is 1. The van der Waals surface area contributed by atoms with Gasteiger partial charge in [0.25, 0.3) is 0 Å². The van der Waals surface area contributed by atoms with Gasteiger partial charge in [-0.1, -0.05) is 17.7 Å². The summed E-state index contributed by atoms with van der Waals surface area (Å²) in [6, 6.07) is 5.67. The smallest absolute Gasteiger partial charge is 0.244 e. The summed E-state index contributed by atoms with van der Waals surface area (Å²) >= 11 is 6.49. The molecule has 1 aromatic carbocycles. The molecular weight excluding hydrogens is 320 g/mol. The van der Waals surface area contributed by atoms with Gasteiger partial charge in [0, 0.05) is 11.3 Å². The normalized spacial score (nSPS) is 18.4. The van der Waals surface area contributed by atoms with E-state index in [0.29, 0.717) is 28.0 Å². The molecule has 8 heteroatoms. The molecule has 0 bridgehead atoms. The number of ether oxygens (including phenoxy) is 3. The van der Waals surface area contributed by atoms with Crippen molar-refractivity contribution in [1.82, 2.24) is 10.2 Å². The molecule has 0 radical (unpaired) electrons. The fraction of sp³-hybridized carbons (Fsp3) is 0.200. The molecule has 0 amide bonds. The molecule has 0 spiro atoms. The van der Waals surface area contributed by atoms with E-state index in [1.54, 1.807) is 12.1 Å². The SMILES string of the molecule is Cc1[nH]nc2c1[C@@H](c1ccc3c(c1Cl)OCO3)C(C#N)=C(N)O2. The van der Waals surface area contributed by atoms with Crippen molar-refractivity contribution in [2.75, 3.05) is 6.79 Å². The van der Waals surface area contributed by atoms with Crippen LogP contribution in [0.25, 0.3) is 0 Å². The third-order valence-electron chi connectivity index (χ3n) is 3.95. The second kappa shape index (κ2) is 4.83. The van der Waals surface area contributed by atoms with Crippen molar-refractivity contribution in [3.05, 3.63) is 45.4 Å². The molecule has 0 saturated carbocycles. The second-order valence-corrected chi connectivity index (χ2v) is 5.57. The van der Waals surface area contributed by atoms with Crippen LogP contribution in [-0.2, 0) is 0 Å². The van der Waals surface area contributed by atoms with Crippen LogP contribution in [0.1, 0.15) is 22.7 Å². The van der Waals surface area contributed by atoms with Crippen molar-refractivity contribution in [3.8, 4) is 23.4 Å². The lowest BCUT2D eigenvalue weighted by molar-refractivity contribution is 0.174. The zero-order valence-electron chi connectivity index (χ0n) is 12.0. The molecule has 23 heavy (non-hydrogen) atoms. The van der Waals surface area contributed by atoms with E-state index < -0.39 is 5.92 Å². The average molecular weight is 331 g/mol. The average Bonchev–Trinajstić information content (AvgIpc) is 3.14. The van der Waals surface area contributed by atoms with Crippen molar-refractivity contribution >= 4 is 11.6 Å². The molecule has 2 aliphatic heterocycles. The number of fused-ring (bicyclic) bond motifs is 2. The Labute approximate surface area is 136 Å². The first-order chi connectivity index (χ1) is 11.1. The minimum Gasteiger partial charge on any atom is -0.454 e. The van der Waals surface area contributed by atoms with Gasteiger partial charge >= 0.3 is 0 Å². The maximum Gasteiger partial charge on any atom is 0.244 e. The molecule has 116 valence electrons. The molecule has 4 rings (SSSR count). The summed E-state index contributed by atoms with van der Waals surface area (Å²) in [5.41, 5.74) is 8.36. The highest BCUT2D eigenvalue weighted by atomic mass is 35.5. The number of aromatic nitrogens is 2. The number of nitrogens with zero attached hydrogens (tertiary/aromatic N) is 2. The number of benzene rings is 1. The Morgan fingerprint density at radius 2 is 2.26 bits per heavy atom. The molecule has 3 N–H and O–H groups in total. The van der Waals surface area contributed by atoms with Gasteiger partial charge in [0.1, 0.15) is 11.6 Å². The summed E-state index contributed by atoms with van der Waals surface area (Å²) in [7, 11) is 0. The Morgan fingerprint density at radius 1 is 1.43 bits per heavy atom. The van der Waals surface area contributed by atoms with Gasteiger partial charge in [0.2, 0.25) is 18.6 Å². The maximum atomic E-state index is 9.53. The summed E-state index contributed by atoms with van der Waals surface area (Å²) < 4.78 is 16.2. The number of hydrogen-bond acceptors (Lipinski definition) is 6. The van der Waals surface area contributed by atoms with E-state index in [1.807, 2.05) is 6.92 Å². The predicted octanol–water partition coefficient (Wildman–Crippen LogP) is 2.32. The van der Waals surface area contributed by atoms with Crippen LogP contribution in [0.5, 0.6) is 17.4 Å². The number of H-pyrrole nitrogens is 1. The zero-order valence-corrected chi connectivity index (χ0v) is 12.8. The van der Waals surface area contributed by atoms with Gasteiger partial charge in [0.05, 0.1) is 10.9 Å². The summed E-state index contributed by atoms with van der Waals surface area (Å²) in [5.74, 6) is 0.923. The number of aromatic amines is 1. The number of rotatable bonds is 1. The summed E-state index contributed by atoms with van der Waals surface area (Å²) in [4.78, 5) is 0. The standard InChI is InChI=1S/C15H11ClN4O3/c1-6-10-11(8(4-17)14(18)23-15(10)20-19-6)7-2-3-9-13(12(7)16)22-5-21-9/h2-3,11H,5,18H2,1H3,(H,19,20)/t11-/m0/s1.